The van der Waals surface area contributed by atoms with Gasteiger partial charge < -0.3 is 21.3 Å². The Bertz CT molecular complexity index is 1110. The Labute approximate surface area is 232 Å². The van der Waals surface area contributed by atoms with E-state index in [1.165, 1.54) is 9.75 Å². The smallest absolute Gasteiger partial charge is 0.254 e. The van der Waals surface area contributed by atoms with E-state index >= 15 is 0 Å². The molecule has 0 saturated heterocycles. The van der Waals surface area contributed by atoms with Gasteiger partial charge in [0.2, 0.25) is 11.8 Å². The molecule has 2 aromatic rings. The predicted octanol–water partition coefficient (Wildman–Crippen LogP) is 5.20. The van der Waals surface area contributed by atoms with Gasteiger partial charge in [-0.15, -0.1) is 22.7 Å². The third-order valence-corrected chi connectivity index (χ3v) is 9.73. The number of carbonyl (C=O) groups excluding carboxylic acids is 4. The highest BCUT2D eigenvalue weighted by molar-refractivity contribution is 7.17. The first-order valence-electron chi connectivity index (χ1n) is 13.8. The largest absolute Gasteiger partial charge is 0.355 e. The molecule has 0 spiro atoms. The van der Waals surface area contributed by atoms with Gasteiger partial charge in [-0.25, -0.2) is 0 Å². The molecule has 38 heavy (non-hydrogen) atoms. The third kappa shape index (κ3) is 6.64. The maximum absolute atomic E-state index is 12.5. The number of nitrogens with one attached hydrogen (secondary N) is 4. The third-order valence-electron chi connectivity index (χ3n) is 7.31. The van der Waals surface area contributed by atoms with Gasteiger partial charge in [0.25, 0.3) is 11.8 Å². The molecule has 2 aliphatic carbocycles. The van der Waals surface area contributed by atoms with Crippen LogP contribution in [0.4, 0.5) is 10.0 Å². The van der Waals surface area contributed by atoms with Crippen molar-refractivity contribution in [1.82, 2.24) is 10.6 Å². The van der Waals surface area contributed by atoms with Gasteiger partial charge in [0.1, 0.15) is 10.0 Å². The van der Waals surface area contributed by atoms with E-state index in [1.807, 2.05) is 0 Å². The quantitative estimate of drug-likeness (QED) is 0.253. The van der Waals surface area contributed by atoms with Crippen LogP contribution in [0.1, 0.15) is 106 Å². The standard InChI is InChI=1S/C28H38N4O4S2/c1-29-25(35)23-17-11-9-13-19(17)37-27(23)31-21(33)15-7-5-3-4-6-8-16-22(34)32-28-24(26(36)30-2)18-12-10-14-20(18)38-28/h3-16H2,1-2H3,(H,29,35)(H,30,36)(H,31,33)(H,32,34). The Morgan fingerprint density at radius 2 is 1.00 bits per heavy atom. The summed E-state index contributed by atoms with van der Waals surface area (Å²) in [5.41, 5.74) is 3.50. The fourth-order valence-corrected chi connectivity index (χ4v) is 7.98. The van der Waals surface area contributed by atoms with Crippen LogP contribution in [-0.4, -0.2) is 37.7 Å². The maximum Gasteiger partial charge on any atom is 0.254 e. The second-order valence-corrected chi connectivity index (χ2v) is 12.2. The van der Waals surface area contributed by atoms with E-state index < -0.39 is 0 Å². The van der Waals surface area contributed by atoms with Crippen LogP contribution in [0.5, 0.6) is 0 Å². The second-order valence-electron chi connectivity index (χ2n) is 10.00. The van der Waals surface area contributed by atoms with Crippen LogP contribution in [0, 0.1) is 0 Å². The average molecular weight is 559 g/mol. The van der Waals surface area contributed by atoms with E-state index in [0.29, 0.717) is 34.0 Å². The summed E-state index contributed by atoms with van der Waals surface area (Å²) in [5, 5.41) is 12.7. The van der Waals surface area contributed by atoms with E-state index in [4.69, 9.17) is 0 Å². The highest BCUT2D eigenvalue weighted by atomic mass is 32.1. The van der Waals surface area contributed by atoms with E-state index in [9.17, 15) is 19.2 Å². The minimum absolute atomic E-state index is 0.0394. The molecule has 0 radical (unpaired) electrons. The van der Waals surface area contributed by atoms with Crippen LogP contribution >= 0.6 is 22.7 Å². The molecule has 0 fully saturated rings. The number of aryl methyl sites for hydroxylation is 2. The summed E-state index contributed by atoms with van der Waals surface area (Å²) in [6.45, 7) is 0. The molecule has 0 unspecified atom stereocenters. The zero-order chi connectivity index (χ0) is 27.1. The lowest BCUT2D eigenvalue weighted by Gasteiger charge is -2.08. The van der Waals surface area contributed by atoms with Gasteiger partial charge in [0, 0.05) is 36.7 Å². The normalized spacial score (nSPS) is 13.6. The molecular weight excluding hydrogens is 520 g/mol. The van der Waals surface area contributed by atoms with Gasteiger partial charge in [0.15, 0.2) is 0 Å². The van der Waals surface area contributed by atoms with E-state index in [2.05, 4.69) is 21.3 Å². The molecule has 2 aliphatic rings. The lowest BCUT2D eigenvalue weighted by molar-refractivity contribution is -0.117. The monoisotopic (exact) mass is 558 g/mol. The molecule has 4 rings (SSSR count). The van der Waals surface area contributed by atoms with Crippen molar-refractivity contribution in [1.29, 1.82) is 0 Å². The molecule has 4 N–H and O–H groups in total. The highest BCUT2D eigenvalue weighted by Gasteiger charge is 2.28. The molecule has 0 saturated carbocycles. The summed E-state index contributed by atoms with van der Waals surface area (Å²) < 4.78 is 0. The number of anilines is 2. The van der Waals surface area contributed by atoms with Crippen LogP contribution < -0.4 is 21.3 Å². The molecule has 0 atom stereocenters. The molecule has 0 bridgehead atoms. The van der Waals surface area contributed by atoms with Gasteiger partial charge in [-0.2, -0.15) is 0 Å². The van der Waals surface area contributed by atoms with Crippen LogP contribution in [0.15, 0.2) is 0 Å². The molecule has 0 aliphatic heterocycles. The van der Waals surface area contributed by atoms with Crippen LogP contribution in [0.3, 0.4) is 0 Å². The van der Waals surface area contributed by atoms with E-state index in [-0.39, 0.29) is 23.6 Å². The minimum Gasteiger partial charge on any atom is -0.355 e. The highest BCUT2D eigenvalue weighted by Crippen LogP contribution is 2.40. The fraction of sp³-hybridized carbons (Fsp3) is 0.571. The number of hydrogen-bond acceptors (Lipinski definition) is 6. The predicted molar refractivity (Wildman–Crippen MR) is 154 cm³/mol. The molecule has 4 amide bonds. The zero-order valence-electron chi connectivity index (χ0n) is 22.3. The van der Waals surface area contributed by atoms with Crippen LogP contribution in [0.2, 0.25) is 0 Å². The van der Waals surface area contributed by atoms with Crippen LogP contribution in [-0.2, 0) is 35.3 Å². The number of amides is 4. The molecule has 8 nitrogen and oxygen atoms in total. The van der Waals surface area contributed by atoms with Crippen molar-refractivity contribution < 1.29 is 19.2 Å². The van der Waals surface area contributed by atoms with Crippen molar-refractivity contribution >= 4 is 56.3 Å². The number of thiophene rings is 2. The van der Waals surface area contributed by atoms with Gasteiger partial charge in [0.05, 0.1) is 11.1 Å². The average Bonchev–Trinajstić information content (AvgIpc) is 3.66. The molecule has 10 heteroatoms. The Morgan fingerprint density at radius 1 is 0.605 bits per heavy atom. The van der Waals surface area contributed by atoms with Crippen molar-refractivity contribution in [2.75, 3.05) is 24.7 Å². The summed E-state index contributed by atoms with van der Waals surface area (Å²) >= 11 is 3.08. The van der Waals surface area contributed by atoms with Crippen molar-refractivity contribution in [2.24, 2.45) is 0 Å². The van der Waals surface area contributed by atoms with Gasteiger partial charge in [-0.1, -0.05) is 25.7 Å². The summed E-state index contributed by atoms with van der Waals surface area (Å²) in [5.74, 6) is -0.330. The van der Waals surface area contributed by atoms with Crippen molar-refractivity contribution in [3.05, 3.63) is 32.0 Å². The van der Waals surface area contributed by atoms with Gasteiger partial charge >= 0.3 is 0 Å². The molecule has 206 valence electrons. The Balaban J connectivity index is 1.10. The number of rotatable bonds is 13. The summed E-state index contributed by atoms with van der Waals surface area (Å²) in [6.07, 6.45) is 12.3. The number of unbranched alkanes of at least 4 members (excludes halogenated alkanes) is 5. The first-order valence-corrected chi connectivity index (χ1v) is 15.4. The molecule has 2 heterocycles. The number of fused-ring (bicyclic) bond motifs is 2. The lowest BCUT2D eigenvalue weighted by atomic mass is 10.1. The maximum atomic E-state index is 12.5. The first kappa shape index (κ1) is 28.3. The lowest BCUT2D eigenvalue weighted by Crippen LogP contribution is -2.21. The van der Waals surface area contributed by atoms with Gasteiger partial charge in [-0.3, -0.25) is 19.2 Å². The van der Waals surface area contributed by atoms with E-state index in [1.54, 1.807) is 36.8 Å². The van der Waals surface area contributed by atoms with Crippen LogP contribution in [0.25, 0.3) is 0 Å². The van der Waals surface area contributed by atoms with Gasteiger partial charge in [-0.05, 0) is 62.5 Å². The number of carbonyl (C=O) groups is 4. The Morgan fingerprint density at radius 3 is 1.39 bits per heavy atom. The summed E-state index contributed by atoms with van der Waals surface area (Å²) in [4.78, 5) is 52.1. The Hall–Kier alpha value is -2.72. The molecular formula is C28H38N4O4S2. The fourth-order valence-electron chi connectivity index (χ4n) is 5.37. The van der Waals surface area contributed by atoms with Crippen molar-refractivity contribution in [2.45, 2.75) is 89.9 Å². The second kappa shape index (κ2) is 13.4. The SMILES string of the molecule is CNC(=O)c1c(NC(=O)CCCCCCCCC(=O)Nc2sc3c(c2C(=O)NC)CCC3)sc2c1CCC2. The summed E-state index contributed by atoms with van der Waals surface area (Å²) in [6, 6.07) is 0. The molecule has 2 aromatic heterocycles. The summed E-state index contributed by atoms with van der Waals surface area (Å²) in [7, 11) is 3.24. The Kier molecular flexibility index (Phi) is 9.96. The molecule has 0 aromatic carbocycles. The van der Waals surface area contributed by atoms with E-state index in [0.717, 1.165) is 88.2 Å². The first-order chi connectivity index (χ1) is 18.4. The van der Waals surface area contributed by atoms with Crippen molar-refractivity contribution in [3.63, 3.8) is 0 Å². The minimum atomic E-state index is -0.126. The van der Waals surface area contributed by atoms with Crippen molar-refractivity contribution in [3.8, 4) is 0 Å². The number of hydrogen-bond donors (Lipinski definition) is 4. The zero-order valence-corrected chi connectivity index (χ0v) is 24.0. The topological polar surface area (TPSA) is 116 Å².